The van der Waals surface area contributed by atoms with Crippen molar-refractivity contribution in [3.05, 3.63) is 0 Å². The molecule has 4 rings (SSSR count). The number of rotatable bonds is 9. The van der Waals surface area contributed by atoms with Crippen LogP contribution in [0.4, 0.5) is 0 Å². The summed E-state index contributed by atoms with van der Waals surface area (Å²) in [5.41, 5.74) is -0.102. The maximum atomic E-state index is 11.4. The van der Waals surface area contributed by atoms with Gasteiger partial charge in [0.05, 0.1) is 18.3 Å². The fourth-order valence-electron chi connectivity index (χ4n) is 9.56. The van der Waals surface area contributed by atoms with Crippen LogP contribution in [0.15, 0.2) is 0 Å². The van der Waals surface area contributed by atoms with Crippen molar-refractivity contribution in [2.75, 3.05) is 13.2 Å². The summed E-state index contributed by atoms with van der Waals surface area (Å²) in [5.74, 6) is 3.05. The van der Waals surface area contributed by atoms with Gasteiger partial charge in [-0.25, -0.2) is 0 Å². The highest BCUT2D eigenvalue weighted by Crippen LogP contribution is 2.67. The lowest BCUT2D eigenvalue weighted by molar-refractivity contribution is -0.245. The van der Waals surface area contributed by atoms with Gasteiger partial charge < -0.3 is 29.9 Å². The smallest absolute Gasteiger partial charge is 0.157 e. The molecule has 4 N–H and O–H groups in total. The predicted molar refractivity (Wildman–Crippen MR) is 140 cm³/mol. The highest BCUT2D eigenvalue weighted by molar-refractivity contribution is 5.10. The Balaban J connectivity index is 1.39. The van der Waals surface area contributed by atoms with E-state index in [1.807, 2.05) is 6.92 Å². The number of aliphatic hydroxyl groups is 4. The van der Waals surface area contributed by atoms with E-state index in [1.165, 1.54) is 25.7 Å². The van der Waals surface area contributed by atoms with Gasteiger partial charge in [-0.15, -0.1) is 0 Å². The van der Waals surface area contributed by atoms with Crippen molar-refractivity contribution >= 4 is 0 Å². The normalized spacial score (nSPS) is 48.8. The summed E-state index contributed by atoms with van der Waals surface area (Å²) in [7, 11) is 0. The van der Waals surface area contributed by atoms with Crippen LogP contribution in [-0.2, 0) is 9.47 Å². The van der Waals surface area contributed by atoms with Gasteiger partial charge in [-0.05, 0) is 117 Å². The van der Waals surface area contributed by atoms with Crippen LogP contribution in [0.2, 0.25) is 0 Å². The second-order valence-electron chi connectivity index (χ2n) is 13.9. The molecule has 11 unspecified atom stereocenters. The SMILES string of the molecule is CC(CC[C@@H](O)OC1(C)CCOC(O)C1)C1CCC2C3C(O)CC(C)C(C)(CCCO)C3CCC12C. The lowest BCUT2D eigenvalue weighted by Crippen LogP contribution is -2.56. The van der Waals surface area contributed by atoms with Gasteiger partial charge in [-0.3, -0.25) is 0 Å². The standard InChI is InChI=1S/C30H54O6/c1-19(7-10-25(33)36-28(3)14-16-35-26(34)18-28)21-8-9-22-27-23(11-13-30(21,22)5)29(4,12-6-15-31)20(2)17-24(27)32/h19-27,31-34H,6-18H2,1-5H3/t19?,20?,21?,22?,23?,24?,25-,26?,27?,28?,29?,30?/m0/s1. The maximum absolute atomic E-state index is 11.4. The van der Waals surface area contributed by atoms with Gasteiger partial charge in [0.25, 0.3) is 0 Å². The summed E-state index contributed by atoms with van der Waals surface area (Å²) in [6.45, 7) is 12.3. The first-order valence-electron chi connectivity index (χ1n) is 14.9. The second-order valence-corrected chi connectivity index (χ2v) is 13.9. The molecule has 3 aliphatic carbocycles. The third kappa shape index (κ3) is 5.42. The first-order chi connectivity index (χ1) is 16.9. The molecule has 0 aromatic carbocycles. The molecule has 0 aromatic rings. The summed E-state index contributed by atoms with van der Waals surface area (Å²) in [5, 5.41) is 41.4. The Hall–Kier alpha value is -0.240. The molecule has 4 fully saturated rings. The number of fused-ring (bicyclic) bond motifs is 3. The van der Waals surface area contributed by atoms with Crippen LogP contribution in [0.1, 0.15) is 105 Å². The Morgan fingerprint density at radius 1 is 1.03 bits per heavy atom. The van der Waals surface area contributed by atoms with Gasteiger partial charge in [0.2, 0.25) is 0 Å². The molecule has 0 radical (unpaired) electrons. The van der Waals surface area contributed by atoms with E-state index in [1.54, 1.807) is 0 Å². The average Bonchev–Trinajstić information content (AvgIpc) is 3.16. The van der Waals surface area contributed by atoms with Crippen LogP contribution in [0.3, 0.4) is 0 Å². The predicted octanol–water partition coefficient (Wildman–Crippen LogP) is 4.86. The number of ether oxygens (including phenoxy) is 2. The number of aliphatic hydroxyl groups excluding tert-OH is 4. The van der Waals surface area contributed by atoms with Crippen molar-refractivity contribution in [3.8, 4) is 0 Å². The van der Waals surface area contributed by atoms with Crippen molar-refractivity contribution in [1.82, 2.24) is 0 Å². The Bertz CT molecular complexity index is 732. The lowest BCUT2D eigenvalue weighted by atomic mass is 9.45. The summed E-state index contributed by atoms with van der Waals surface area (Å²) < 4.78 is 11.2. The largest absolute Gasteiger partial charge is 0.396 e. The molecule has 1 aliphatic heterocycles. The molecule has 6 nitrogen and oxygen atoms in total. The fourth-order valence-corrected chi connectivity index (χ4v) is 9.56. The molecule has 3 saturated carbocycles. The second kappa shape index (κ2) is 11.1. The van der Waals surface area contributed by atoms with E-state index < -0.39 is 18.2 Å². The third-order valence-electron chi connectivity index (χ3n) is 11.8. The van der Waals surface area contributed by atoms with E-state index in [9.17, 15) is 20.4 Å². The maximum Gasteiger partial charge on any atom is 0.157 e. The van der Waals surface area contributed by atoms with Crippen molar-refractivity contribution in [1.29, 1.82) is 0 Å². The zero-order valence-electron chi connectivity index (χ0n) is 23.5. The molecule has 1 saturated heterocycles. The fraction of sp³-hybridized carbons (Fsp3) is 1.00. The van der Waals surface area contributed by atoms with Gasteiger partial charge in [0.15, 0.2) is 12.6 Å². The van der Waals surface area contributed by atoms with E-state index in [2.05, 4.69) is 27.7 Å². The molecule has 1 heterocycles. The molecule has 0 amide bonds. The first-order valence-corrected chi connectivity index (χ1v) is 14.9. The van der Waals surface area contributed by atoms with E-state index in [0.29, 0.717) is 61.4 Å². The summed E-state index contributed by atoms with van der Waals surface area (Å²) in [6, 6.07) is 0. The molecule has 210 valence electrons. The van der Waals surface area contributed by atoms with Crippen LogP contribution in [0.25, 0.3) is 0 Å². The van der Waals surface area contributed by atoms with Crippen LogP contribution in [-0.4, -0.2) is 57.9 Å². The van der Waals surface area contributed by atoms with Gasteiger partial charge in [0.1, 0.15) is 0 Å². The number of hydrogen-bond acceptors (Lipinski definition) is 6. The molecular formula is C30H54O6. The van der Waals surface area contributed by atoms with Gasteiger partial charge in [-0.2, -0.15) is 0 Å². The zero-order chi connectivity index (χ0) is 26.3. The minimum absolute atomic E-state index is 0.201. The highest BCUT2D eigenvalue weighted by atomic mass is 16.6. The summed E-state index contributed by atoms with van der Waals surface area (Å²) in [6.07, 6.45) is 8.36. The van der Waals surface area contributed by atoms with Gasteiger partial charge in [0, 0.05) is 13.0 Å². The zero-order valence-corrected chi connectivity index (χ0v) is 23.5. The van der Waals surface area contributed by atoms with Gasteiger partial charge in [-0.1, -0.05) is 27.7 Å². The van der Waals surface area contributed by atoms with Gasteiger partial charge >= 0.3 is 0 Å². The van der Waals surface area contributed by atoms with Crippen molar-refractivity contribution in [3.63, 3.8) is 0 Å². The Morgan fingerprint density at radius 2 is 1.78 bits per heavy atom. The van der Waals surface area contributed by atoms with Crippen molar-refractivity contribution < 1.29 is 29.9 Å². The molecule has 4 aliphatic rings. The molecule has 6 heteroatoms. The summed E-state index contributed by atoms with van der Waals surface area (Å²) >= 11 is 0. The third-order valence-corrected chi connectivity index (χ3v) is 11.8. The summed E-state index contributed by atoms with van der Waals surface area (Å²) in [4.78, 5) is 0. The quantitative estimate of drug-likeness (QED) is 0.331. The monoisotopic (exact) mass is 510 g/mol. The molecule has 12 atom stereocenters. The Kier molecular flexibility index (Phi) is 8.86. The molecule has 0 spiro atoms. The van der Waals surface area contributed by atoms with Crippen LogP contribution in [0, 0.1) is 46.3 Å². The average molecular weight is 511 g/mol. The first kappa shape index (κ1) is 28.8. The van der Waals surface area contributed by atoms with Crippen molar-refractivity contribution in [2.45, 2.75) is 130 Å². The van der Waals surface area contributed by atoms with Crippen LogP contribution < -0.4 is 0 Å². The Morgan fingerprint density at radius 3 is 2.47 bits per heavy atom. The highest BCUT2D eigenvalue weighted by Gasteiger charge is 2.61. The molecule has 36 heavy (non-hydrogen) atoms. The number of hydrogen-bond donors (Lipinski definition) is 4. The lowest BCUT2D eigenvalue weighted by Gasteiger charge is -2.60. The van der Waals surface area contributed by atoms with Crippen LogP contribution in [0.5, 0.6) is 0 Å². The molecular weight excluding hydrogens is 456 g/mol. The van der Waals surface area contributed by atoms with Crippen molar-refractivity contribution in [2.24, 2.45) is 46.3 Å². The topological polar surface area (TPSA) is 99.4 Å². The van der Waals surface area contributed by atoms with E-state index in [0.717, 1.165) is 25.7 Å². The van der Waals surface area contributed by atoms with E-state index in [4.69, 9.17) is 9.47 Å². The molecule has 0 aromatic heterocycles. The van der Waals surface area contributed by atoms with E-state index >= 15 is 0 Å². The minimum atomic E-state index is -0.822. The Labute approximate surface area is 219 Å². The minimum Gasteiger partial charge on any atom is -0.396 e. The molecule has 0 bridgehead atoms. The van der Waals surface area contributed by atoms with Crippen LogP contribution >= 0.6 is 0 Å². The van der Waals surface area contributed by atoms with E-state index in [-0.39, 0.29) is 23.5 Å².